The summed E-state index contributed by atoms with van der Waals surface area (Å²) in [6.45, 7) is 2.37. The Balaban J connectivity index is 2.14. The number of unbranched alkanes of at least 4 members (excludes halogenated alkanes) is 5. The van der Waals surface area contributed by atoms with E-state index in [9.17, 15) is 9.90 Å². The number of nitrogens with one attached hydrogen (secondary N) is 2. The Hall–Kier alpha value is -3.48. The summed E-state index contributed by atoms with van der Waals surface area (Å²) in [6.07, 6.45) is 17.9. The number of nitrogens with two attached hydrogens (primary N) is 2. The summed E-state index contributed by atoms with van der Waals surface area (Å²) in [6, 6.07) is 13.9. The van der Waals surface area contributed by atoms with Crippen LogP contribution < -0.4 is 16.8 Å². The van der Waals surface area contributed by atoms with Gasteiger partial charge in [0, 0.05) is 12.3 Å². The van der Waals surface area contributed by atoms with Crippen LogP contribution in [0.15, 0.2) is 71.4 Å². The number of aromatic amines is 1. The fourth-order valence-corrected chi connectivity index (χ4v) is 4.27. The molecule has 1 aromatic carbocycles. The number of allylic oxidation sites excluding steroid dienone is 1. The molecule has 0 amide bonds. The summed E-state index contributed by atoms with van der Waals surface area (Å²) in [5.41, 5.74) is 12.9. The predicted octanol–water partition coefficient (Wildman–Crippen LogP) is 5.94. The van der Waals surface area contributed by atoms with Crippen LogP contribution >= 0.6 is 0 Å². The molecule has 0 aliphatic heterocycles. The first-order chi connectivity index (χ1) is 17.5. The maximum atomic E-state index is 11.6. The first kappa shape index (κ1) is 28.8. The standard InChI is InChI=1S/C29H43N5O2/c1-2-3-4-5-6-8-14-24(17-16-23-12-9-7-10-13-23)18-19-26(34-27-15-11-20-32-27)25(21-28(35)36)22-33-29(30)31/h7,9-13,15-17,20-21,24,26,32,34H,2-6,8,14,18-19,22H2,1H3,(H,35,36)(H4,30,31,33)/b17-16+,25-21+/t24-,26-/m1/s1. The third-order valence-electron chi connectivity index (χ3n) is 6.24. The number of carbonyl (C=O) groups is 1. The number of hydrogen-bond donors (Lipinski definition) is 5. The van der Waals surface area contributed by atoms with Gasteiger partial charge in [-0.05, 0) is 48.4 Å². The molecule has 0 saturated heterocycles. The Morgan fingerprint density at radius 1 is 1.03 bits per heavy atom. The summed E-state index contributed by atoms with van der Waals surface area (Å²) in [5, 5.41) is 12.9. The van der Waals surface area contributed by atoms with Gasteiger partial charge in [0.25, 0.3) is 0 Å². The molecule has 7 heteroatoms. The van der Waals surface area contributed by atoms with E-state index < -0.39 is 5.97 Å². The van der Waals surface area contributed by atoms with Gasteiger partial charge in [-0.15, -0.1) is 0 Å². The molecule has 0 aliphatic carbocycles. The molecule has 2 aromatic rings. The highest BCUT2D eigenvalue weighted by molar-refractivity contribution is 5.81. The predicted molar refractivity (Wildman–Crippen MR) is 151 cm³/mol. The van der Waals surface area contributed by atoms with E-state index in [1.165, 1.54) is 50.2 Å². The van der Waals surface area contributed by atoms with E-state index in [4.69, 9.17) is 11.5 Å². The van der Waals surface area contributed by atoms with Crippen molar-refractivity contribution < 1.29 is 9.90 Å². The molecule has 0 saturated carbocycles. The first-order valence-electron chi connectivity index (χ1n) is 13.1. The van der Waals surface area contributed by atoms with E-state index in [-0.39, 0.29) is 18.5 Å². The summed E-state index contributed by atoms with van der Waals surface area (Å²) in [4.78, 5) is 18.8. The van der Waals surface area contributed by atoms with Gasteiger partial charge in [0.15, 0.2) is 5.96 Å². The van der Waals surface area contributed by atoms with Crippen molar-refractivity contribution in [1.82, 2.24) is 4.98 Å². The molecule has 36 heavy (non-hydrogen) atoms. The Morgan fingerprint density at radius 2 is 1.78 bits per heavy atom. The van der Waals surface area contributed by atoms with Gasteiger partial charge in [0.1, 0.15) is 5.82 Å². The summed E-state index contributed by atoms with van der Waals surface area (Å²) >= 11 is 0. The number of hydrogen-bond acceptors (Lipinski definition) is 3. The molecular weight excluding hydrogens is 450 g/mol. The molecule has 7 nitrogen and oxygen atoms in total. The Labute approximate surface area is 215 Å². The Bertz CT molecular complexity index is 947. The van der Waals surface area contributed by atoms with Crippen molar-refractivity contribution in [3.8, 4) is 0 Å². The third kappa shape index (κ3) is 12.3. The van der Waals surface area contributed by atoms with Gasteiger partial charge in [-0.2, -0.15) is 0 Å². The molecule has 0 fully saturated rings. The molecule has 0 radical (unpaired) electrons. The number of rotatable bonds is 18. The number of benzene rings is 1. The van der Waals surface area contributed by atoms with Crippen LogP contribution in [0.5, 0.6) is 0 Å². The van der Waals surface area contributed by atoms with Gasteiger partial charge in [-0.25, -0.2) is 9.79 Å². The zero-order valence-corrected chi connectivity index (χ0v) is 21.5. The normalized spacial score (nSPS) is 13.4. The molecule has 196 valence electrons. The van der Waals surface area contributed by atoms with Gasteiger partial charge in [-0.3, -0.25) is 0 Å². The average Bonchev–Trinajstić information content (AvgIpc) is 3.37. The van der Waals surface area contributed by atoms with Crippen LogP contribution in [0.4, 0.5) is 5.82 Å². The van der Waals surface area contributed by atoms with E-state index in [1.54, 1.807) is 0 Å². The van der Waals surface area contributed by atoms with E-state index in [2.05, 4.69) is 46.5 Å². The number of aromatic nitrogens is 1. The molecule has 1 aromatic heterocycles. The quantitative estimate of drug-likeness (QED) is 0.0759. The van der Waals surface area contributed by atoms with Crippen LogP contribution in [-0.2, 0) is 4.79 Å². The van der Waals surface area contributed by atoms with Crippen molar-refractivity contribution in [1.29, 1.82) is 0 Å². The summed E-state index contributed by atoms with van der Waals surface area (Å²) < 4.78 is 0. The van der Waals surface area contributed by atoms with Gasteiger partial charge >= 0.3 is 5.97 Å². The number of H-pyrrole nitrogens is 1. The van der Waals surface area contributed by atoms with E-state index in [0.29, 0.717) is 11.5 Å². The lowest BCUT2D eigenvalue weighted by molar-refractivity contribution is -0.131. The van der Waals surface area contributed by atoms with Crippen LogP contribution in [0.1, 0.15) is 70.3 Å². The molecule has 7 N–H and O–H groups in total. The average molecular weight is 494 g/mol. The van der Waals surface area contributed by atoms with Crippen LogP contribution in [-0.4, -0.2) is 34.6 Å². The highest BCUT2D eigenvalue weighted by atomic mass is 16.4. The molecule has 0 unspecified atom stereocenters. The fourth-order valence-electron chi connectivity index (χ4n) is 4.27. The van der Waals surface area contributed by atoms with E-state index in [1.807, 2.05) is 36.5 Å². The van der Waals surface area contributed by atoms with Crippen molar-refractivity contribution in [3.05, 3.63) is 72.0 Å². The smallest absolute Gasteiger partial charge is 0.328 e. The molecule has 0 spiro atoms. The number of aliphatic carboxylic acids is 1. The van der Waals surface area contributed by atoms with Crippen LogP contribution in [0, 0.1) is 5.92 Å². The molecule has 0 bridgehead atoms. The fraction of sp³-hybridized carbons (Fsp3) is 0.448. The van der Waals surface area contributed by atoms with Crippen molar-refractivity contribution in [3.63, 3.8) is 0 Å². The summed E-state index contributed by atoms with van der Waals surface area (Å²) in [7, 11) is 0. The zero-order valence-electron chi connectivity index (χ0n) is 21.5. The second kappa shape index (κ2) is 17.0. The minimum Gasteiger partial charge on any atom is -0.478 e. The molecule has 1 heterocycles. The van der Waals surface area contributed by atoms with Crippen molar-refractivity contribution in [2.24, 2.45) is 22.4 Å². The van der Waals surface area contributed by atoms with Crippen LogP contribution in [0.25, 0.3) is 6.08 Å². The van der Waals surface area contributed by atoms with Gasteiger partial charge < -0.3 is 26.9 Å². The minimum absolute atomic E-state index is 0.0587. The SMILES string of the molecule is CCCCCCCC[C@H](/C=C/c1ccccc1)CC[C@@H](Nc1ccc[nH]1)/C(=C/C(=O)O)CN=C(N)N. The summed E-state index contributed by atoms with van der Waals surface area (Å²) in [5.74, 6) is 0.144. The van der Waals surface area contributed by atoms with Gasteiger partial charge in [-0.1, -0.05) is 87.9 Å². The number of nitrogens with zero attached hydrogens (tertiary/aromatic N) is 1. The van der Waals surface area contributed by atoms with Crippen LogP contribution in [0.2, 0.25) is 0 Å². The molecule has 0 aliphatic rings. The maximum Gasteiger partial charge on any atom is 0.328 e. The Kier molecular flexibility index (Phi) is 13.6. The van der Waals surface area contributed by atoms with Crippen molar-refractivity contribution in [2.45, 2.75) is 70.8 Å². The molecular formula is C29H43N5O2. The van der Waals surface area contributed by atoms with Gasteiger partial charge in [0.05, 0.1) is 12.6 Å². The van der Waals surface area contributed by atoms with E-state index in [0.717, 1.165) is 25.1 Å². The minimum atomic E-state index is -1.01. The van der Waals surface area contributed by atoms with E-state index >= 15 is 0 Å². The highest BCUT2D eigenvalue weighted by Crippen LogP contribution is 2.24. The van der Waals surface area contributed by atoms with Gasteiger partial charge in [0.2, 0.25) is 0 Å². The largest absolute Gasteiger partial charge is 0.478 e. The lowest BCUT2D eigenvalue weighted by Gasteiger charge is -2.23. The van der Waals surface area contributed by atoms with Crippen molar-refractivity contribution in [2.75, 3.05) is 11.9 Å². The Morgan fingerprint density at radius 3 is 2.44 bits per heavy atom. The number of guanidine groups is 1. The molecule has 2 atom stereocenters. The molecule has 2 rings (SSSR count). The number of carboxylic acids is 1. The first-order valence-corrected chi connectivity index (χ1v) is 13.1. The second-order valence-electron chi connectivity index (χ2n) is 9.24. The van der Waals surface area contributed by atoms with Crippen LogP contribution in [0.3, 0.4) is 0 Å². The topological polar surface area (TPSA) is 130 Å². The lowest BCUT2D eigenvalue weighted by atomic mass is 9.90. The lowest BCUT2D eigenvalue weighted by Crippen LogP contribution is -2.28. The van der Waals surface area contributed by atoms with Crippen molar-refractivity contribution >= 4 is 23.8 Å². The number of aliphatic imine (C=N–C) groups is 1. The maximum absolute atomic E-state index is 11.6. The highest BCUT2D eigenvalue weighted by Gasteiger charge is 2.18. The monoisotopic (exact) mass is 493 g/mol. The number of anilines is 1. The second-order valence-corrected chi connectivity index (χ2v) is 9.24. The zero-order chi connectivity index (χ0) is 26.0. The number of carboxylic acid groups (broad SMARTS) is 1. The third-order valence-corrected chi connectivity index (χ3v) is 6.24.